The first-order valence-electron chi connectivity index (χ1n) is 8.27. The van der Waals surface area contributed by atoms with Gasteiger partial charge >= 0.3 is 0 Å². The molecule has 5 aromatic rings. The molecule has 27 heavy (non-hydrogen) atoms. The molecule has 0 aliphatic rings. The first-order valence-corrected chi connectivity index (χ1v) is 8.27. The Bertz CT molecular complexity index is 1300. The first-order chi connectivity index (χ1) is 13.1. The summed E-state index contributed by atoms with van der Waals surface area (Å²) in [6.45, 7) is 0. The number of rotatable bonds is 2. The standard InChI is InChI=1S/C20H13F2N5/c21-12-5-11(6-13(22)8-12)18-9-15-14(3-4-24-20(15)25-18)10-1-2-17-16(7-10)19(23)27-26-17/h1-9H,(H,24,25)(H3,23,26,27). The van der Waals surface area contributed by atoms with Gasteiger partial charge in [0.05, 0.1) is 5.52 Å². The first kappa shape index (κ1) is 15.5. The van der Waals surface area contributed by atoms with E-state index < -0.39 is 11.6 Å². The van der Waals surface area contributed by atoms with Crippen molar-refractivity contribution in [3.05, 3.63) is 66.4 Å². The Morgan fingerprint density at radius 1 is 0.852 bits per heavy atom. The van der Waals surface area contributed by atoms with Gasteiger partial charge in [0, 0.05) is 34.3 Å². The minimum absolute atomic E-state index is 0.422. The molecule has 0 atom stereocenters. The SMILES string of the molecule is Nc1n[nH]c2ccc(-c3ccnc4[nH]c(-c5cc(F)cc(F)c5)cc34)cc12. The fourth-order valence-corrected chi connectivity index (χ4v) is 3.35. The van der Waals surface area contributed by atoms with Crippen molar-refractivity contribution in [2.75, 3.05) is 5.73 Å². The number of nitrogens with one attached hydrogen (secondary N) is 2. The van der Waals surface area contributed by atoms with E-state index >= 15 is 0 Å². The maximum Gasteiger partial charge on any atom is 0.153 e. The Morgan fingerprint density at radius 3 is 2.48 bits per heavy atom. The van der Waals surface area contributed by atoms with Gasteiger partial charge < -0.3 is 10.7 Å². The van der Waals surface area contributed by atoms with Crippen molar-refractivity contribution < 1.29 is 8.78 Å². The number of aromatic amines is 2. The number of aromatic nitrogens is 4. The monoisotopic (exact) mass is 361 g/mol. The number of pyridine rings is 1. The van der Waals surface area contributed by atoms with Crippen molar-refractivity contribution in [3.63, 3.8) is 0 Å². The highest BCUT2D eigenvalue weighted by atomic mass is 19.1. The van der Waals surface area contributed by atoms with Crippen LogP contribution in [0, 0.1) is 11.6 Å². The smallest absolute Gasteiger partial charge is 0.153 e. The van der Waals surface area contributed by atoms with Gasteiger partial charge in [0.15, 0.2) is 5.82 Å². The Labute approximate surface area is 151 Å². The minimum atomic E-state index is -0.627. The summed E-state index contributed by atoms with van der Waals surface area (Å²) in [5, 5.41) is 8.57. The maximum atomic E-state index is 13.6. The van der Waals surface area contributed by atoms with Crippen LogP contribution < -0.4 is 5.73 Å². The van der Waals surface area contributed by atoms with E-state index in [1.54, 1.807) is 6.20 Å². The summed E-state index contributed by atoms with van der Waals surface area (Å²) in [5.41, 5.74) is 10.3. The molecule has 3 heterocycles. The highest BCUT2D eigenvalue weighted by Gasteiger charge is 2.12. The molecule has 4 N–H and O–H groups in total. The number of nitrogen functional groups attached to an aromatic ring is 1. The van der Waals surface area contributed by atoms with Gasteiger partial charge in [0.2, 0.25) is 0 Å². The van der Waals surface area contributed by atoms with Crippen molar-refractivity contribution in [3.8, 4) is 22.4 Å². The fraction of sp³-hybridized carbons (Fsp3) is 0. The van der Waals surface area contributed by atoms with Crippen LogP contribution in [0.1, 0.15) is 0 Å². The van der Waals surface area contributed by atoms with Crippen LogP contribution in [-0.2, 0) is 0 Å². The van der Waals surface area contributed by atoms with E-state index in [1.165, 1.54) is 12.1 Å². The number of H-pyrrole nitrogens is 2. The second-order valence-corrected chi connectivity index (χ2v) is 6.33. The Balaban J connectivity index is 1.71. The summed E-state index contributed by atoms with van der Waals surface area (Å²) in [7, 11) is 0. The lowest BCUT2D eigenvalue weighted by molar-refractivity contribution is 0.584. The lowest BCUT2D eigenvalue weighted by Crippen LogP contribution is -1.85. The minimum Gasteiger partial charge on any atom is -0.382 e. The van der Waals surface area contributed by atoms with Crippen LogP contribution >= 0.6 is 0 Å². The van der Waals surface area contributed by atoms with Crippen molar-refractivity contribution in [2.45, 2.75) is 0 Å². The lowest BCUT2D eigenvalue weighted by atomic mass is 10.0. The summed E-state index contributed by atoms with van der Waals surface area (Å²) in [6, 6.07) is 13.0. The number of benzene rings is 2. The fourth-order valence-electron chi connectivity index (χ4n) is 3.35. The number of anilines is 1. The normalized spacial score (nSPS) is 11.5. The molecule has 0 bridgehead atoms. The van der Waals surface area contributed by atoms with Crippen molar-refractivity contribution in [1.82, 2.24) is 20.2 Å². The Kier molecular flexibility index (Phi) is 3.24. The topological polar surface area (TPSA) is 83.4 Å². The second kappa shape index (κ2) is 5.63. The molecule has 7 heteroatoms. The van der Waals surface area contributed by atoms with Gasteiger partial charge in [-0.05, 0) is 47.5 Å². The van der Waals surface area contributed by atoms with Crippen molar-refractivity contribution in [1.29, 1.82) is 0 Å². The number of nitrogens with zero attached hydrogens (tertiary/aromatic N) is 2. The number of nitrogens with two attached hydrogens (primary N) is 1. The molecular weight excluding hydrogens is 348 g/mol. The molecule has 0 amide bonds. The molecule has 0 unspecified atom stereocenters. The summed E-state index contributed by atoms with van der Waals surface area (Å²) in [4.78, 5) is 7.47. The zero-order chi connectivity index (χ0) is 18.5. The Morgan fingerprint density at radius 2 is 1.67 bits per heavy atom. The third-order valence-corrected chi connectivity index (χ3v) is 4.61. The van der Waals surface area contributed by atoms with Gasteiger partial charge in [-0.3, -0.25) is 5.10 Å². The Hall–Kier alpha value is -3.74. The predicted molar refractivity (Wildman–Crippen MR) is 101 cm³/mol. The highest BCUT2D eigenvalue weighted by Crippen LogP contribution is 2.33. The third-order valence-electron chi connectivity index (χ3n) is 4.61. The molecule has 3 aromatic heterocycles. The van der Waals surface area contributed by atoms with E-state index in [0.29, 0.717) is 22.7 Å². The highest BCUT2D eigenvalue weighted by molar-refractivity contribution is 5.99. The van der Waals surface area contributed by atoms with Crippen LogP contribution in [0.25, 0.3) is 44.3 Å². The number of halogens is 2. The van der Waals surface area contributed by atoms with E-state index in [0.717, 1.165) is 33.5 Å². The summed E-state index contributed by atoms with van der Waals surface area (Å²) < 4.78 is 27.2. The summed E-state index contributed by atoms with van der Waals surface area (Å²) in [5.74, 6) is -0.822. The van der Waals surface area contributed by atoms with E-state index in [4.69, 9.17) is 5.73 Å². The molecule has 0 aliphatic heterocycles. The molecule has 132 valence electrons. The molecule has 0 fully saturated rings. The van der Waals surface area contributed by atoms with E-state index in [1.807, 2.05) is 30.3 Å². The summed E-state index contributed by atoms with van der Waals surface area (Å²) >= 11 is 0. The van der Waals surface area contributed by atoms with E-state index in [9.17, 15) is 8.78 Å². The molecule has 0 saturated carbocycles. The van der Waals surface area contributed by atoms with Crippen LogP contribution in [-0.4, -0.2) is 20.2 Å². The predicted octanol–water partition coefficient (Wildman–Crippen LogP) is 4.63. The molecule has 5 rings (SSSR count). The van der Waals surface area contributed by atoms with Crippen molar-refractivity contribution >= 4 is 27.8 Å². The largest absolute Gasteiger partial charge is 0.382 e. The van der Waals surface area contributed by atoms with Crippen LogP contribution in [0.2, 0.25) is 0 Å². The van der Waals surface area contributed by atoms with Gasteiger partial charge in [-0.15, -0.1) is 0 Å². The second-order valence-electron chi connectivity index (χ2n) is 6.33. The molecule has 0 radical (unpaired) electrons. The van der Waals surface area contributed by atoms with Gasteiger partial charge in [-0.2, -0.15) is 5.10 Å². The lowest BCUT2D eigenvalue weighted by Gasteiger charge is -2.03. The van der Waals surface area contributed by atoms with Gasteiger partial charge in [0.1, 0.15) is 17.3 Å². The van der Waals surface area contributed by atoms with Crippen LogP contribution in [0.15, 0.2) is 54.7 Å². The molecular formula is C20H13F2N5. The molecule has 0 saturated heterocycles. The quantitative estimate of drug-likeness (QED) is 0.428. The third kappa shape index (κ3) is 2.52. The van der Waals surface area contributed by atoms with Crippen molar-refractivity contribution in [2.24, 2.45) is 0 Å². The molecule has 2 aromatic carbocycles. The van der Waals surface area contributed by atoms with Crippen LogP contribution in [0.4, 0.5) is 14.6 Å². The average molecular weight is 361 g/mol. The zero-order valence-corrected chi connectivity index (χ0v) is 13.9. The molecule has 5 nitrogen and oxygen atoms in total. The average Bonchev–Trinajstić information content (AvgIpc) is 3.24. The number of hydrogen-bond donors (Lipinski definition) is 3. The van der Waals surface area contributed by atoms with Crippen LogP contribution in [0.3, 0.4) is 0 Å². The van der Waals surface area contributed by atoms with Crippen LogP contribution in [0.5, 0.6) is 0 Å². The van der Waals surface area contributed by atoms with Gasteiger partial charge in [0.25, 0.3) is 0 Å². The molecule has 0 spiro atoms. The zero-order valence-electron chi connectivity index (χ0n) is 13.9. The molecule has 0 aliphatic carbocycles. The summed E-state index contributed by atoms with van der Waals surface area (Å²) in [6.07, 6.45) is 1.69. The van der Waals surface area contributed by atoms with Gasteiger partial charge in [-0.1, -0.05) is 6.07 Å². The van der Waals surface area contributed by atoms with Gasteiger partial charge in [-0.25, -0.2) is 13.8 Å². The maximum absolute atomic E-state index is 13.6. The number of hydrogen-bond acceptors (Lipinski definition) is 3. The van der Waals surface area contributed by atoms with E-state index in [-0.39, 0.29) is 0 Å². The number of fused-ring (bicyclic) bond motifs is 2. The van der Waals surface area contributed by atoms with E-state index in [2.05, 4.69) is 20.2 Å².